The van der Waals surface area contributed by atoms with Crippen LogP contribution < -0.4 is 9.64 Å². The van der Waals surface area contributed by atoms with Crippen molar-refractivity contribution in [3.8, 4) is 11.6 Å². The zero-order valence-electron chi connectivity index (χ0n) is 11.9. The van der Waals surface area contributed by atoms with Gasteiger partial charge >= 0.3 is 0 Å². The summed E-state index contributed by atoms with van der Waals surface area (Å²) < 4.78 is 32.9. The largest absolute Gasteiger partial charge is 0.503 e. The predicted molar refractivity (Wildman–Crippen MR) is 76.5 cm³/mol. The van der Waals surface area contributed by atoms with Gasteiger partial charge < -0.3 is 9.84 Å². The van der Waals surface area contributed by atoms with E-state index in [4.69, 9.17) is 9.84 Å². The Labute approximate surface area is 130 Å². The number of phenolic OH excluding ortho intramolecular Hbond substituents is 1. The number of aromatic nitrogens is 1. The second-order valence-corrected chi connectivity index (χ2v) is 5.79. The number of halogens is 2. The molecule has 0 atom stereocenters. The van der Waals surface area contributed by atoms with E-state index in [-0.39, 0.29) is 5.56 Å². The Kier molecular flexibility index (Phi) is 2.81. The fraction of sp³-hybridized carbons (Fsp3) is 0.250. The standard InChI is InChI=1S/C16H12F2N2O3/c17-10-6-9(7-11(18)13(10)21)15(22)20-8-16(3-4-16)23-14-12(20)2-1-5-19-14/h1-2,5-7,21H,3-4,8H2. The zero-order valence-corrected chi connectivity index (χ0v) is 11.9. The Morgan fingerprint density at radius 3 is 2.65 bits per heavy atom. The van der Waals surface area contributed by atoms with Crippen molar-refractivity contribution in [3.05, 3.63) is 47.7 Å². The minimum Gasteiger partial charge on any atom is -0.503 e. The number of hydrogen-bond donors (Lipinski definition) is 1. The van der Waals surface area contributed by atoms with E-state index in [9.17, 15) is 13.6 Å². The van der Waals surface area contributed by atoms with Crippen molar-refractivity contribution in [1.82, 2.24) is 4.98 Å². The molecule has 2 aromatic rings. The Balaban J connectivity index is 1.76. The van der Waals surface area contributed by atoms with Crippen LogP contribution in [0.3, 0.4) is 0 Å². The summed E-state index contributed by atoms with van der Waals surface area (Å²) in [6.07, 6.45) is 3.15. The molecule has 1 saturated carbocycles. The number of rotatable bonds is 1. The molecule has 1 aliphatic heterocycles. The number of anilines is 1. The molecule has 1 spiro atoms. The molecule has 0 unspecified atom stereocenters. The van der Waals surface area contributed by atoms with Gasteiger partial charge in [-0.3, -0.25) is 9.69 Å². The number of hydrogen-bond acceptors (Lipinski definition) is 4. The topological polar surface area (TPSA) is 62.7 Å². The highest BCUT2D eigenvalue weighted by Gasteiger charge is 2.51. The number of carbonyl (C=O) groups is 1. The number of carbonyl (C=O) groups excluding carboxylic acids is 1. The lowest BCUT2D eigenvalue weighted by molar-refractivity contribution is 0.0937. The van der Waals surface area contributed by atoms with E-state index in [0.717, 1.165) is 25.0 Å². The van der Waals surface area contributed by atoms with Crippen LogP contribution >= 0.6 is 0 Å². The molecule has 1 aliphatic carbocycles. The summed E-state index contributed by atoms with van der Waals surface area (Å²) in [4.78, 5) is 18.3. The highest BCUT2D eigenvalue weighted by molar-refractivity contribution is 6.07. The van der Waals surface area contributed by atoms with Gasteiger partial charge in [-0.25, -0.2) is 13.8 Å². The van der Waals surface area contributed by atoms with Gasteiger partial charge in [-0.2, -0.15) is 0 Å². The first-order valence-corrected chi connectivity index (χ1v) is 7.13. The van der Waals surface area contributed by atoms with Gasteiger partial charge in [0.2, 0.25) is 5.88 Å². The fourth-order valence-electron chi connectivity index (χ4n) is 2.70. The number of ether oxygens (including phenoxy) is 1. The predicted octanol–water partition coefficient (Wildman–Crippen LogP) is 2.64. The molecule has 23 heavy (non-hydrogen) atoms. The van der Waals surface area contributed by atoms with Gasteiger partial charge in [-0.15, -0.1) is 0 Å². The summed E-state index contributed by atoms with van der Waals surface area (Å²) >= 11 is 0. The van der Waals surface area contributed by atoms with Crippen LogP contribution in [0.2, 0.25) is 0 Å². The van der Waals surface area contributed by atoms with E-state index >= 15 is 0 Å². The summed E-state index contributed by atoms with van der Waals surface area (Å²) in [6.45, 7) is 0.300. The van der Waals surface area contributed by atoms with Crippen molar-refractivity contribution in [2.24, 2.45) is 0 Å². The highest BCUT2D eigenvalue weighted by Crippen LogP contribution is 2.47. The third-order valence-corrected chi connectivity index (χ3v) is 4.12. The first-order chi connectivity index (χ1) is 11.0. The highest BCUT2D eigenvalue weighted by atomic mass is 19.1. The lowest BCUT2D eigenvalue weighted by Gasteiger charge is -2.34. The zero-order chi connectivity index (χ0) is 16.2. The summed E-state index contributed by atoms with van der Waals surface area (Å²) in [6, 6.07) is 4.98. The maximum atomic E-state index is 13.5. The van der Waals surface area contributed by atoms with Crippen LogP contribution in [0.5, 0.6) is 11.6 Å². The summed E-state index contributed by atoms with van der Waals surface area (Å²) in [5.74, 6) is -3.66. The molecule has 0 radical (unpaired) electrons. The second-order valence-electron chi connectivity index (χ2n) is 5.79. The van der Waals surface area contributed by atoms with Gasteiger partial charge in [0.25, 0.3) is 5.91 Å². The minimum atomic E-state index is -1.17. The second kappa shape index (κ2) is 4.65. The van der Waals surface area contributed by atoms with Crippen LogP contribution in [0.1, 0.15) is 23.2 Å². The number of aromatic hydroxyl groups is 1. The SMILES string of the molecule is O=C(c1cc(F)c(O)c(F)c1)N1CC2(CC2)Oc2ncccc21. The van der Waals surface area contributed by atoms with Crippen LogP contribution in [-0.2, 0) is 0 Å². The number of benzene rings is 1. The monoisotopic (exact) mass is 318 g/mol. The maximum Gasteiger partial charge on any atom is 0.258 e. The first-order valence-electron chi connectivity index (χ1n) is 7.13. The average Bonchev–Trinajstić information content (AvgIpc) is 3.29. The fourth-order valence-corrected chi connectivity index (χ4v) is 2.70. The third kappa shape index (κ3) is 2.19. The maximum absolute atomic E-state index is 13.5. The Morgan fingerprint density at radius 2 is 2.00 bits per heavy atom. The summed E-state index contributed by atoms with van der Waals surface area (Å²) in [7, 11) is 0. The van der Waals surface area contributed by atoms with E-state index in [2.05, 4.69) is 4.98 Å². The van der Waals surface area contributed by atoms with Gasteiger partial charge in [0.1, 0.15) is 11.3 Å². The molecule has 1 aromatic heterocycles. The molecule has 118 valence electrons. The molecule has 1 aromatic carbocycles. The van der Waals surface area contributed by atoms with E-state index in [1.807, 2.05) is 0 Å². The van der Waals surface area contributed by atoms with E-state index in [1.165, 1.54) is 4.90 Å². The molecule has 0 bridgehead atoms. The molecule has 1 amide bonds. The number of amides is 1. The van der Waals surface area contributed by atoms with Crippen LogP contribution in [0.4, 0.5) is 14.5 Å². The Bertz CT molecular complexity index is 798. The van der Waals surface area contributed by atoms with E-state index < -0.39 is 28.9 Å². The van der Waals surface area contributed by atoms with Gasteiger partial charge in [-0.05, 0) is 37.1 Å². The molecule has 2 heterocycles. The van der Waals surface area contributed by atoms with Crippen molar-refractivity contribution in [1.29, 1.82) is 0 Å². The van der Waals surface area contributed by atoms with Gasteiger partial charge in [-0.1, -0.05) is 0 Å². The molecular weight excluding hydrogens is 306 g/mol. The van der Waals surface area contributed by atoms with E-state index in [0.29, 0.717) is 18.1 Å². The molecule has 2 aliphatic rings. The van der Waals surface area contributed by atoms with Crippen molar-refractivity contribution in [2.45, 2.75) is 18.4 Å². The summed E-state index contributed by atoms with van der Waals surface area (Å²) in [5, 5.41) is 9.17. The third-order valence-electron chi connectivity index (χ3n) is 4.12. The van der Waals surface area contributed by atoms with Crippen molar-refractivity contribution < 1.29 is 23.4 Å². The van der Waals surface area contributed by atoms with Crippen molar-refractivity contribution >= 4 is 11.6 Å². The lowest BCUT2D eigenvalue weighted by atomic mass is 10.1. The number of fused-ring (bicyclic) bond motifs is 1. The van der Waals surface area contributed by atoms with Crippen LogP contribution in [0.15, 0.2) is 30.5 Å². The Morgan fingerprint density at radius 1 is 1.30 bits per heavy atom. The quantitative estimate of drug-likeness (QED) is 0.878. The van der Waals surface area contributed by atoms with Crippen LogP contribution in [0, 0.1) is 11.6 Å². The first kappa shape index (κ1) is 13.9. The molecule has 1 fully saturated rings. The Hall–Kier alpha value is -2.70. The molecule has 5 nitrogen and oxygen atoms in total. The van der Waals surface area contributed by atoms with E-state index in [1.54, 1.807) is 18.3 Å². The lowest BCUT2D eigenvalue weighted by Crippen LogP contribution is -2.45. The summed E-state index contributed by atoms with van der Waals surface area (Å²) in [5.41, 5.74) is -0.167. The van der Waals surface area contributed by atoms with Crippen molar-refractivity contribution in [2.75, 3.05) is 11.4 Å². The molecule has 0 saturated heterocycles. The normalized spacial score (nSPS) is 17.6. The number of phenols is 1. The number of pyridine rings is 1. The molecule has 1 N–H and O–H groups in total. The van der Waals surface area contributed by atoms with Crippen molar-refractivity contribution in [3.63, 3.8) is 0 Å². The van der Waals surface area contributed by atoms with Gasteiger partial charge in [0.15, 0.2) is 17.4 Å². The smallest absolute Gasteiger partial charge is 0.258 e. The average molecular weight is 318 g/mol. The van der Waals surface area contributed by atoms with Gasteiger partial charge in [0.05, 0.1) is 6.54 Å². The number of nitrogens with zero attached hydrogens (tertiary/aromatic N) is 2. The van der Waals surface area contributed by atoms with Gasteiger partial charge in [0, 0.05) is 11.8 Å². The minimum absolute atomic E-state index is 0.176. The van der Waals surface area contributed by atoms with Crippen LogP contribution in [0.25, 0.3) is 0 Å². The molecular formula is C16H12F2N2O3. The van der Waals surface area contributed by atoms with Crippen LogP contribution in [-0.4, -0.2) is 28.1 Å². The molecule has 4 rings (SSSR count). The molecule has 7 heteroatoms.